The second kappa shape index (κ2) is 12.2. The van der Waals surface area contributed by atoms with E-state index < -0.39 is 35.7 Å². The van der Waals surface area contributed by atoms with Gasteiger partial charge < -0.3 is 15.0 Å². The van der Waals surface area contributed by atoms with Crippen molar-refractivity contribution in [2.24, 2.45) is 5.73 Å². The summed E-state index contributed by atoms with van der Waals surface area (Å²) in [7, 11) is 5.12. The number of carbonyl (C=O) groups is 2. The summed E-state index contributed by atoms with van der Waals surface area (Å²) >= 11 is 0. The predicted molar refractivity (Wildman–Crippen MR) is 158 cm³/mol. The fraction of sp³-hybridized carbons (Fsp3) is 0.250. The minimum Gasteiger partial charge on any atom is -0.466 e. The number of rotatable bonds is 7. The maximum Gasteiger partial charge on any atom is 0.416 e. The number of hydrogen-bond acceptors (Lipinski definition) is 5. The SMILES string of the molecule is COC(=O)C1=C(C)N(c2cccc(C(F)(F)F)c2)C(=N)N(C(N)=O)C1c1ccc(C#N)cc1C[N+](C)(C)Cc1ccccc1. The Morgan fingerprint density at radius 3 is 2.32 bits per heavy atom. The molecule has 1 aliphatic rings. The number of anilines is 1. The zero-order valence-electron chi connectivity index (χ0n) is 24.6. The first kappa shape index (κ1) is 31.8. The van der Waals surface area contributed by atoms with E-state index in [1.807, 2.05) is 44.4 Å². The molecule has 228 valence electrons. The van der Waals surface area contributed by atoms with Crippen LogP contribution in [0.25, 0.3) is 0 Å². The third-order valence-electron chi connectivity index (χ3n) is 7.39. The largest absolute Gasteiger partial charge is 0.466 e. The third kappa shape index (κ3) is 6.43. The molecule has 0 bridgehead atoms. The smallest absolute Gasteiger partial charge is 0.416 e. The second-order valence-corrected chi connectivity index (χ2v) is 11.1. The van der Waals surface area contributed by atoms with E-state index in [4.69, 9.17) is 15.9 Å². The number of esters is 1. The van der Waals surface area contributed by atoms with Gasteiger partial charge in [-0.15, -0.1) is 0 Å². The van der Waals surface area contributed by atoms with Crippen molar-refractivity contribution in [3.05, 3.63) is 112 Å². The van der Waals surface area contributed by atoms with Crippen molar-refractivity contribution in [2.45, 2.75) is 32.2 Å². The number of ether oxygens (including phenoxy) is 1. The summed E-state index contributed by atoms with van der Waals surface area (Å²) < 4.78 is 46.3. The van der Waals surface area contributed by atoms with Crippen LogP contribution in [0.2, 0.25) is 0 Å². The van der Waals surface area contributed by atoms with Crippen LogP contribution >= 0.6 is 0 Å². The van der Waals surface area contributed by atoms with Gasteiger partial charge in [0.25, 0.3) is 0 Å². The number of nitrogens with zero attached hydrogens (tertiary/aromatic N) is 4. The molecule has 0 aromatic heterocycles. The standard InChI is InChI=1S/C32H31F3N6O3/c1-20-27(29(42)44-4)28(40(31(38)43)30(37)39(20)25-12-8-11-24(16-25)32(33,34)35)26-14-13-22(17-36)15-23(26)19-41(2,3)18-21-9-6-5-7-10-21/h5-16,28,37H,18-19H2,1-4H3,(H-,38,43)/p+1. The first-order valence-electron chi connectivity index (χ1n) is 13.5. The highest BCUT2D eigenvalue weighted by Gasteiger charge is 2.45. The average Bonchev–Trinajstić information content (AvgIpc) is 2.96. The molecule has 0 aliphatic carbocycles. The van der Waals surface area contributed by atoms with Crippen LogP contribution in [0.15, 0.2) is 84.1 Å². The fourth-order valence-electron chi connectivity index (χ4n) is 5.54. The Labute approximate surface area is 253 Å². The number of guanidine groups is 1. The second-order valence-electron chi connectivity index (χ2n) is 11.1. The number of halogens is 3. The van der Waals surface area contributed by atoms with Gasteiger partial charge in [0.1, 0.15) is 19.1 Å². The molecule has 0 radical (unpaired) electrons. The number of nitrogens with one attached hydrogen (secondary N) is 1. The zero-order valence-corrected chi connectivity index (χ0v) is 24.6. The lowest BCUT2D eigenvalue weighted by Gasteiger charge is -2.43. The van der Waals surface area contributed by atoms with Crippen molar-refractivity contribution in [1.29, 1.82) is 10.7 Å². The molecule has 3 aromatic rings. The number of primary amides is 1. The van der Waals surface area contributed by atoms with Crippen LogP contribution in [-0.4, -0.2) is 48.5 Å². The molecule has 3 N–H and O–H groups in total. The molecule has 0 saturated heterocycles. The van der Waals surface area contributed by atoms with Gasteiger partial charge >= 0.3 is 18.2 Å². The number of methoxy groups -OCH3 is 1. The van der Waals surface area contributed by atoms with Crippen LogP contribution in [-0.2, 0) is 28.8 Å². The molecule has 3 aromatic carbocycles. The van der Waals surface area contributed by atoms with E-state index in [9.17, 15) is 28.0 Å². The molecule has 1 unspecified atom stereocenters. The van der Waals surface area contributed by atoms with E-state index in [1.54, 1.807) is 12.1 Å². The molecule has 12 heteroatoms. The van der Waals surface area contributed by atoms with Crippen LogP contribution in [0.4, 0.5) is 23.7 Å². The van der Waals surface area contributed by atoms with Gasteiger partial charge in [0, 0.05) is 22.5 Å². The molecule has 0 fully saturated rings. The number of urea groups is 1. The molecule has 9 nitrogen and oxygen atoms in total. The quantitative estimate of drug-likeness (QED) is 0.265. The van der Waals surface area contributed by atoms with Gasteiger partial charge in [-0.25, -0.2) is 9.59 Å². The third-order valence-corrected chi connectivity index (χ3v) is 7.39. The van der Waals surface area contributed by atoms with Gasteiger partial charge in [-0.2, -0.15) is 18.4 Å². The van der Waals surface area contributed by atoms with Crippen molar-refractivity contribution in [3.63, 3.8) is 0 Å². The van der Waals surface area contributed by atoms with Crippen LogP contribution in [0.5, 0.6) is 0 Å². The van der Waals surface area contributed by atoms with Crippen molar-refractivity contribution >= 4 is 23.6 Å². The summed E-state index contributed by atoms with van der Waals surface area (Å²) in [6.07, 6.45) is -4.68. The van der Waals surface area contributed by atoms with Crippen molar-refractivity contribution in [2.75, 3.05) is 26.1 Å². The Balaban J connectivity index is 1.93. The zero-order chi connectivity index (χ0) is 32.4. The van der Waals surface area contributed by atoms with E-state index in [2.05, 4.69) is 6.07 Å². The lowest BCUT2D eigenvalue weighted by molar-refractivity contribution is -0.916. The lowest BCUT2D eigenvalue weighted by atomic mass is 9.88. The summed E-state index contributed by atoms with van der Waals surface area (Å²) in [5.41, 5.74) is 7.15. The van der Waals surface area contributed by atoms with Crippen molar-refractivity contribution < 1.29 is 32.0 Å². The van der Waals surface area contributed by atoms with Crippen LogP contribution in [0, 0.1) is 16.7 Å². The normalized spacial score (nSPS) is 15.7. The molecular weight excluding hydrogens is 573 g/mol. The molecule has 1 atom stereocenters. The van der Waals surface area contributed by atoms with Crippen LogP contribution in [0.1, 0.15) is 40.8 Å². The maximum atomic E-state index is 13.6. The Morgan fingerprint density at radius 1 is 1.05 bits per heavy atom. The Kier molecular flexibility index (Phi) is 8.83. The number of nitrogens with two attached hydrogens (primary N) is 1. The highest BCUT2D eigenvalue weighted by Crippen LogP contribution is 2.42. The monoisotopic (exact) mass is 605 g/mol. The topological polar surface area (TPSA) is 124 Å². The van der Waals surface area contributed by atoms with Gasteiger partial charge in [-0.05, 0) is 42.8 Å². The molecule has 0 spiro atoms. The summed E-state index contributed by atoms with van der Waals surface area (Å²) in [4.78, 5) is 28.4. The Bertz CT molecular complexity index is 1680. The van der Waals surface area contributed by atoms with Gasteiger partial charge in [0.15, 0.2) is 0 Å². The minimum absolute atomic E-state index is 0.0806. The number of amides is 2. The highest BCUT2D eigenvalue weighted by atomic mass is 19.4. The molecule has 1 aliphatic heterocycles. The first-order chi connectivity index (χ1) is 20.7. The number of carbonyl (C=O) groups excluding carboxylic acids is 2. The number of alkyl halides is 3. The van der Waals surface area contributed by atoms with Crippen molar-refractivity contribution in [3.8, 4) is 6.07 Å². The summed E-state index contributed by atoms with van der Waals surface area (Å²) in [5.74, 6) is -1.42. The van der Waals surface area contributed by atoms with Gasteiger partial charge in [-0.1, -0.05) is 42.5 Å². The number of benzene rings is 3. The minimum atomic E-state index is -4.68. The number of nitriles is 1. The van der Waals surface area contributed by atoms with E-state index in [-0.39, 0.29) is 17.0 Å². The number of allylic oxidation sites excluding steroid dienone is 1. The fourth-order valence-corrected chi connectivity index (χ4v) is 5.54. The Morgan fingerprint density at radius 2 is 1.73 bits per heavy atom. The average molecular weight is 606 g/mol. The molecule has 4 rings (SSSR count). The highest BCUT2D eigenvalue weighted by molar-refractivity contribution is 6.10. The molecule has 1 heterocycles. The number of quaternary nitrogens is 1. The first-order valence-corrected chi connectivity index (χ1v) is 13.5. The summed E-state index contributed by atoms with van der Waals surface area (Å²) in [5, 5.41) is 18.7. The molecule has 2 amide bonds. The van der Waals surface area contributed by atoms with E-state index in [1.165, 1.54) is 25.1 Å². The van der Waals surface area contributed by atoms with Gasteiger partial charge in [0.05, 0.1) is 44.0 Å². The van der Waals surface area contributed by atoms with E-state index >= 15 is 0 Å². The predicted octanol–water partition coefficient (Wildman–Crippen LogP) is 5.68. The van der Waals surface area contributed by atoms with Crippen molar-refractivity contribution in [1.82, 2.24) is 4.90 Å². The molecular formula is C32H32F3N6O3+. The summed E-state index contributed by atoms with van der Waals surface area (Å²) in [6, 6.07) is 18.5. The maximum absolute atomic E-state index is 13.6. The summed E-state index contributed by atoms with van der Waals surface area (Å²) in [6.45, 7) is 2.42. The number of hydrogen-bond donors (Lipinski definition) is 2. The van der Waals surface area contributed by atoms with Gasteiger partial charge in [0.2, 0.25) is 5.96 Å². The molecule has 44 heavy (non-hydrogen) atoms. The Hall–Kier alpha value is -5.15. The van der Waals surface area contributed by atoms with Gasteiger partial charge in [-0.3, -0.25) is 15.2 Å². The van der Waals surface area contributed by atoms with E-state index in [0.29, 0.717) is 34.3 Å². The lowest BCUT2D eigenvalue weighted by Crippen LogP contribution is -2.55. The van der Waals surface area contributed by atoms with E-state index in [0.717, 1.165) is 34.6 Å². The molecule has 0 saturated carbocycles. The van der Waals surface area contributed by atoms with Crippen LogP contribution < -0.4 is 10.6 Å². The van der Waals surface area contributed by atoms with Crippen LogP contribution in [0.3, 0.4) is 0 Å².